The molecule has 2 aromatic rings. The van der Waals surface area contributed by atoms with E-state index in [1.54, 1.807) is 26.3 Å². The Balaban J connectivity index is 1.73. The lowest BCUT2D eigenvalue weighted by atomic mass is 10.1. The number of carbonyl (C=O) groups is 2. The summed E-state index contributed by atoms with van der Waals surface area (Å²) >= 11 is 0. The number of amides is 2. The molecule has 2 amide bonds. The van der Waals surface area contributed by atoms with Gasteiger partial charge in [-0.25, -0.2) is 0 Å². The SMILES string of the molecule is COc1ccc2oc(C(=O)N(C)CC(=O)N3CC[NH+](C)CC3)c(C)c2c1. The van der Waals surface area contributed by atoms with E-state index in [1.807, 2.05) is 17.9 Å². The highest BCUT2D eigenvalue weighted by Crippen LogP contribution is 2.29. The number of ether oxygens (including phenoxy) is 1. The van der Waals surface area contributed by atoms with Crippen LogP contribution in [-0.2, 0) is 4.79 Å². The number of aryl methyl sites for hydroxylation is 1. The van der Waals surface area contributed by atoms with Crippen LogP contribution in [0.25, 0.3) is 11.0 Å². The number of quaternary nitrogens is 1. The number of hydrogen-bond acceptors (Lipinski definition) is 4. The topological polar surface area (TPSA) is 67.4 Å². The molecule has 0 saturated carbocycles. The summed E-state index contributed by atoms with van der Waals surface area (Å²) in [6.07, 6.45) is 0. The molecule has 1 aromatic carbocycles. The number of rotatable bonds is 4. The highest BCUT2D eigenvalue weighted by Gasteiger charge is 2.26. The first-order valence-corrected chi connectivity index (χ1v) is 8.82. The average molecular weight is 360 g/mol. The van der Waals surface area contributed by atoms with Crippen molar-refractivity contribution in [2.75, 3.05) is 53.9 Å². The standard InChI is InChI=1S/C19H25N3O4/c1-13-15-11-14(25-4)5-6-16(15)26-18(13)19(24)21(3)12-17(23)22-9-7-20(2)8-10-22/h5-6,11H,7-10,12H2,1-4H3/p+1. The van der Waals surface area contributed by atoms with Crippen molar-refractivity contribution in [1.29, 1.82) is 0 Å². The summed E-state index contributed by atoms with van der Waals surface area (Å²) in [5.41, 5.74) is 1.39. The first-order chi connectivity index (χ1) is 12.4. The van der Waals surface area contributed by atoms with Crippen LogP contribution in [0.5, 0.6) is 5.75 Å². The quantitative estimate of drug-likeness (QED) is 0.845. The molecule has 26 heavy (non-hydrogen) atoms. The first-order valence-electron chi connectivity index (χ1n) is 8.82. The molecule has 1 fully saturated rings. The second kappa shape index (κ2) is 7.37. The number of piperazine rings is 1. The van der Waals surface area contributed by atoms with Crippen LogP contribution < -0.4 is 9.64 Å². The van der Waals surface area contributed by atoms with Crippen LogP contribution >= 0.6 is 0 Å². The molecule has 1 aliphatic rings. The lowest BCUT2D eigenvalue weighted by molar-refractivity contribution is -0.883. The Morgan fingerprint density at radius 1 is 1.31 bits per heavy atom. The first kappa shape index (κ1) is 18.3. The number of likely N-dealkylation sites (N-methyl/N-ethyl adjacent to an activating group) is 2. The molecule has 1 aliphatic heterocycles. The number of carbonyl (C=O) groups excluding carboxylic acids is 2. The van der Waals surface area contributed by atoms with Crippen molar-refractivity contribution in [2.24, 2.45) is 0 Å². The van der Waals surface area contributed by atoms with Gasteiger partial charge in [-0.15, -0.1) is 0 Å². The van der Waals surface area contributed by atoms with Crippen LogP contribution in [0.2, 0.25) is 0 Å². The fourth-order valence-corrected chi connectivity index (χ4v) is 3.22. The Kier molecular flexibility index (Phi) is 5.18. The van der Waals surface area contributed by atoms with Gasteiger partial charge in [-0.1, -0.05) is 0 Å². The Labute approximate surface area is 153 Å². The monoisotopic (exact) mass is 360 g/mol. The largest absolute Gasteiger partial charge is 0.497 e. The molecule has 0 spiro atoms. The van der Waals surface area contributed by atoms with E-state index >= 15 is 0 Å². The van der Waals surface area contributed by atoms with E-state index in [2.05, 4.69) is 7.05 Å². The van der Waals surface area contributed by atoms with Crippen molar-refractivity contribution in [3.8, 4) is 5.75 Å². The minimum Gasteiger partial charge on any atom is -0.497 e. The summed E-state index contributed by atoms with van der Waals surface area (Å²) in [6, 6.07) is 5.43. The predicted octanol–water partition coefficient (Wildman–Crippen LogP) is 0.179. The summed E-state index contributed by atoms with van der Waals surface area (Å²) in [4.78, 5) is 29.9. The Morgan fingerprint density at radius 2 is 2.00 bits per heavy atom. The van der Waals surface area contributed by atoms with E-state index in [-0.39, 0.29) is 24.1 Å². The summed E-state index contributed by atoms with van der Waals surface area (Å²) < 4.78 is 11.0. The molecule has 7 heteroatoms. The molecule has 0 radical (unpaired) electrons. The summed E-state index contributed by atoms with van der Waals surface area (Å²) in [7, 11) is 5.35. The maximum absolute atomic E-state index is 12.8. The number of fused-ring (bicyclic) bond motifs is 1. The lowest BCUT2D eigenvalue weighted by Gasteiger charge is -2.31. The van der Waals surface area contributed by atoms with E-state index in [9.17, 15) is 9.59 Å². The lowest BCUT2D eigenvalue weighted by Crippen LogP contribution is -3.12. The number of benzene rings is 1. The van der Waals surface area contributed by atoms with Crippen LogP contribution in [0.1, 0.15) is 16.1 Å². The maximum Gasteiger partial charge on any atom is 0.290 e. The third kappa shape index (κ3) is 3.53. The number of hydrogen-bond donors (Lipinski definition) is 1. The molecule has 2 heterocycles. The van der Waals surface area contributed by atoms with E-state index in [0.29, 0.717) is 11.3 Å². The van der Waals surface area contributed by atoms with Gasteiger partial charge in [0, 0.05) is 18.0 Å². The van der Waals surface area contributed by atoms with Crippen LogP contribution in [0.15, 0.2) is 22.6 Å². The minimum absolute atomic E-state index is 0.0243. The number of nitrogens with one attached hydrogen (secondary N) is 1. The molecule has 3 rings (SSSR count). The molecule has 1 N–H and O–H groups in total. The molecule has 7 nitrogen and oxygen atoms in total. The Hall–Kier alpha value is -2.54. The molecule has 0 atom stereocenters. The van der Waals surface area contributed by atoms with Gasteiger partial charge in [-0.3, -0.25) is 9.59 Å². The average Bonchev–Trinajstić information content (AvgIpc) is 2.97. The zero-order chi connectivity index (χ0) is 18.8. The van der Waals surface area contributed by atoms with Crippen LogP contribution in [0, 0.1) is 6.92 Å². The summed E-state index contributed by atoms with van der Waals surface area (Å²) in [5.74, 6) is 0.669. The van der Waals surface area contributed by atoms with Gasteiger partial charge in [0.25, 0.3) is 5.91 Å². The number of methoxy groups -OCH3 is 1. The van der Waals surface area contributed by atoms with Crippen LogP contribution in [0.4, 0.5) is 0 Å². The summed E-state index contributed by atoms with van der Waals surface area (Å²) in [5, 5.41) is 0.842. The zero-order valence-corrected chi connectivity index (χ0v) is 15.8. The second-order valence-electron chi connectivity index (χ2n) is 6.92. The molecular weight excluding hydrogens is 334 g/mol. The van der Waals surface area contributed by atoms with Gasteiger partial charge in [0.15, 0.2) is 5.76 Å². The summed E-state index contributed by atoms with van der Waals surface area (Å²) in [6.45, 7) is 5.24. The fourth-order valence-electron chi connectivity index (χ4n) is 3.22. The smallest absolute Gasteiger partial charge is 0.290 e. The van der Waals surface area contributed by atoms with E-state index < -0.39 is 0 Å². The van der Waals surface area contributed by atoms with Gasteiger partial charge in [0.2, 0.25) is 5.91 Å². The molecule has 1 aromatic heterocycles. The van der Waals surface area contributed by atoms with Crippen molar-refractivity contribution in [3.63, 3.8) is 0 Å². The predicted molar refractivity (Wildman–Crippen MR) is 97.7 cm³/mol. The Bertz CT molecular complexity index is 822. The van der Waals surface area contributed by atoms with E-state index in [0.717, 1.165) is 37.1 Å². The van der Waals surface area contributed by atoms with Crippen molar-refractivity contribution >= 4 is 22.8 Å². The zero-order valence-electron chi connectivity index (χ0n) is 15.8. The minimum atomic E-state index is -0.286. The third-order valence-electron chi connectivity index (χ3n) is 5.03. The van der Waals surface area contributed by atoms with Gasteiger partial charge in [-0.2, -0.15) is 0 Å². The van der Waals surface area contributed by atoms with Gasteiger partial charge >= 0.3 is 0 Å². The maximum atomic E-state index is 12.8. The number of nitrogens with zero attached hydrogens (tertiary/aromatic N) is 2. The molecule has 140 valence electrons. The van der Waals surface area contributed by atoms with E-state index in [4.69, 9.17) is 9.15 Å². The second-order valence-corrected chi connectivity index (χ2v) is 6.92. The number of furan rings is 1. The van der Waals surface area contributed by atoms with Crippen molar-refractivity contribution in [1.82, 2.24) is 9.80 Å². The third-order valence-corrected chi connectivity index (χ3v) is 5.03. The molecule has 0 unspecified atom stereocenters. The van der Waals surface area contributed by atoms with Gasteiger partial charge in [0.05, 0.1) is 46.9 Å². The van der Waals surface area contributed by atoms with Crippen molar-refractivity contribution < 1.29 is 23.6 Å². The molecular formula is C19H26N3O4+. The molecule has 1 saturated heterocycles. The highest BCUT2D eigenvalue weighted by atomic mass is 16.5. The Morgan fingerprint density at radius 3 is 2.65 bits per heavy atom. The molecule has 0 bridgehead atoms. The van der Waals surface area contributed by atoms with Gasteiger partial charge in [0.1, 0.15) is 11.3 Å². The normalized spacial score (nSPS) is 15.3. The fraction of sp³-hybridized carbons (Fsp3) is 0.474. The highest BCUT2D eigenvalue weighted by molar-refractivity contribution is 6.00. The van der Waals surface area contributed by atoms with Crippen molar-refractivity contribution in [2.45, 2.75) is 6.92 Å². The van der Waals surface area contributed by atoms with Gasteiger partial charge in [-0.05, 0) is 25.1 Å². The molecule has 0 aliphatic carbocycles. The van der Waals surface area contributed by atoms with Crippen LogP contribution in [0.3, 0.4) is 0 Å². The van der Waals surface area contributed by atoms with Crippen molar-refractivity contribution in [3.05, 3.63) is 29.5 Å². The van der Waals surface area contributed by atoms with Crippen LogP contribution in [-0.4, -0.2) is 75.5 Å². The van der Waals surface area contributed by atoms with Gasteiger partial charge < -0.3 is 23.9 Å². The van der Waals surface area contributed by atoms with E-state index in [1.165, 1.54) is 9.80 Å².